The number of ether oxygens (including phenoxy) is 2. The molecule has 3 nitrogen and oxygen atoms in total. The molecule has 18 heavy (non-hydrogen) atoms. The SMILES string of the molecule is COc1cc(CC(C)N)cc(C(C)(F)F)c1OC. The van der Waals surface area contributed by atoms with E-state index in [0.29, 0.717) is 17.7 Å². The normalized spacial score (nSPS) is 13.3. The molecule has 0 radical (unpaired) electrons. The van der Waals surface area contributed by atoms with Crippen molar-refractivity contribution < 1.29 is 18.3 Å². The van der Waals surface area contributed by atoms with Crippen molar-refractivity contribution in [3.05, 3.63) is 23.3 Å². The highest BCUT2D eigenvalue weighted by Crippen LogP contribution is 2.41. The van der Waals surface area contributed by atoms with E-state index in [1.54, 1.807) is 6.07 Å². The van der Waals surface area contributed by atoms with Gasteiger partial charge in [0, 0.05) is 13.0 Å². The van der Waals surface area contributed by atoms with Crippen molar-refractivity contribution >= 4 is 0 Å². The third-order valence-corrected chi connectivity index (χ3v) is 2.57. The lowest BCUT2D eigenvalue weighted by molar-refractivity contribution is 0.0146. The highest BCUT2D eigenvalue weighted by Gasteiger charge is 2.31. The maximum Gasteiger partial charge on any atom is 0.274 e. The second kappa shape index (κ2) is 5.52. The van der Waals surface area contributed by atoms with Crippen LogP contribution in [0.3, 0.4) is 0 Å². The third-order valence-electron chi connectivity index (χ3n) is 2.57. The quantitative estimate of drug-likeness (QED) is 0.884. The number of nitrogens with two attached hydrogens (primary N) is 1. The summed E-state index contributed by atoms with van der Waals surface area (Å²) in [4.78, 5) is 0. The lowest BCUT2D eigenvalue weighted by Crippen LogP contribution is -2.19. The van der Waals surface area contributed by atoms with Gasteiger partial charge in [-0.1, -0.05) is 0 Å². The van der Waals surface area contributed by atoms with E-state index in [1.165, 1.54) is 20.3 Å². The molecule has 0 aliphatic rings. The summed E-state index contributed by atoms with van der Waals surface area (Å²) in [5, 5.41) is 0. The van der Waals surface area contributed by atoms with Crippen LogP contribution >= 0.6 is 0 Å². The van der Waals surface area contributed by atoms with Crippen LogP contribution in [0.2, 0.25) is 0 Å². The lowest BCUT2D eigenvalue weighted by Gasteiger charge is -2.19. The number of methoxy groups -OCH3 is 2. The molecule has 1 rings (SSSR count). The van der Waals surface area contributed by atoms with E-state index < -0.39 is 5.92 Å². The van der Waals surface area contributed by atoms with Gasteiger partial charge in [-0.2, -0.15) is 0 Å². The molecule has 0 amide bonds. The first kappa shape index (κ1) is 14.7. The van der Waals surface area contributed by atoms with Gasteiger partial charge in [0.25, 0.3) is 5.92 Å². The largest absolute Gasteiger partial charge is 0.493 e. The van der Waals surface area contributed by atoms with Crippen molar-refractivity contribution in [2.24, 2.45) is 5.73 Å². The minimum Gasteiger partial charge on any atom is -0.493 e. The average Bonchev–Trinajstić information content (AvgIpc) is 2.25. The van der Waals surface area contributed by atoms with Crippen LogP contribution < -0.4 is 15.2 Å². The highest BCUT2D eigenvalue weighted by atomic mass is 19.3. The Labute approximate surface area is 106 Å². The minimum atomic E-state index is -2.99. The topological polar surface area (TPSA) is 44.5 Å². The van der Waals surface area contributed by atoms with Gasteiger partial charge < -0.3 is 15.2 Å². The Morgan fingerprint density at radius 1 is 1.28 bits per heavy atom. The van der Waals surface area contributed by atoms with Crippen LogP contribution in [0.1, 0.15) is 25.0 Å². The van der Waals surface area contributed by atoms with Crippen molar-refractivity contribution in [1.29, 1.82) is 0 Å². The smallest absolute Gasteiger partial charge is 0.274 e. The molecule has 1 unspecified atom stereocenters. The van der Waals surface area contributed by atoms with Crippen molar-refractivity contribution in [1.82, 2.24) is 0 Å². The van der Waals surface area contributed by atoms with Gasteiger partial charge in [0.15, 0.2) is 11.5 Å². The highest BCUT2D eigenvalue weighted by molar-refractivity contribution is 5.51. The van der Waals surface area contributed by atoms with Crippen LogP contribution in [0, 0.1) is 0 Å². The lowest BCUT2D eigenvalue weighted by atomic mass is 10.00. The van der Waals surface area contributed by atoms with Gasteiger partial charge in [-0.3, -0.25) is 0 Å². The van der Waals surface area contributed by atoms with Crippen LogP contribution in [-0.2, 0) is 12.3 Å². The average molecular weight is 259 g/mol. The standard InChI is InChI=1S/C13H19F2NO2/c1-8(16)5-9-6-10(13(2,14)15)12(18-4)11(7-9)17-3/h6-8H,5,16H2,1-4H3. The molecule has 0 aliphatic carbocycles. The van der Waals surface area contributed by atoms with Crippen molar-refractivity contribution in [3.8, 4) is 11.5 Å². The van der Waals surface area contributed by atoms with Gasteiger partial charge >= 0.3 is 0 Å². The fourth-order valence-electron chi connectivity index (χ4n) is 1.84. The van der Waals surface area contributed by atoms with Crippen LogP contribution in [0.4, 0.5) is 8.78 Å². The van der Waals surface area contributed by atoms with Crippen LogP contribution in [0.5, 0.6) is 11.5 Å². The van der Waals surface area contributed by atoms with Crippen LogP contribution in [0.25, 0.3) is 0 Å². The summed E-state index contributed by atoms with van der Waals surface area (Å²) < 4.78 is 37.3. The van der Waals surface area contributed by atoms with Gasteiger partial charge in [0.2, 0.25) is 0 Å². The Kier molecular flexibility index (Phi) is 4.51. The summed E-state index contributed by atoms with van der Waals surface area (Å²) in [5.74, 6) is -2.63. The van der Waals surface area contributed by atoms with Gasteiger partial charge in [0.1, 0.15) is 0 Å². The first-order valence-electron chi connectivity index (χ1n) is 5.68. The number of rotatable bonds is 5. The maximum absolute atomic E-state index is 13.6. The predicted octanol–water partition coefficient (Wildman–Crippen LogP) is 2.71. The Morgan fingerprint density at radius 2 is 1.89 bits per heavy atom. The summed E-state index contributed by atoms with van der Waals surface area (Å²) in [5.41, 5.74) is 6.21. The van der Waals surface area contributed by atoms with E-state index in [2.05, 4.69) is 0 Å². The zero-order valence-electron chi connectivity index (χ0n) is 11.1. The molecule has 102 valence electrons. The molecule has 0 heterocycles. The number of hydrogen-bond acceptors (Lipinski definition) is 3. The molecule has 1 aromatic rings. The van der Waals surface area contributed by atoms with Gasteiger partial charge in [-0.25, -0.2) is 8.78 Å². The molecule has 2 N–H and O–H groups in total. The van der Waals surface area contributed by atoms with E-state index in [1.807, 2.05) is 6.92 Å². The number of benzene rings is 1. The molecule has 0 fully saturated rings. The summed E-state index contributed by atoms with van der Waals surface area (Å²) >= 11 is 0. The van der Waals surface area contributed by atoms with E-state index in [9.17, 15) is 8.78 Å². The molecular weight excluding hydrogens is 240 g/mol. The molecule has 0 saturated carbocycles. The first-order valence-corrected chi connectivity index (χ1v) is 5.68. The molecular formula is C13H19F2NO2. The molecule has 0 aliphatic heterocycles. The van der Waals surface area contributed by atoms with Crippen LogP contribution in [0.15, 0.2) is 12.1 Å². The molecule has 0 bridgehead atoms. The molecule has 1 atom stereocenters. The van der Waals surface area contributed by atoms with E-state index >= 15 is 0 Å². The Hall–Kier alpha value is -1.36. The second-order valence-corrected chi connectivity index (χ2v) is 4.45. The Balaban J connectivity index is 3.36. The summed E-state index contributed by atoms with van der Waals surface area (Å²) in [6, 6.07) is 2.99. The molecule has 5 heteroatoms. The third kappa shape index (κ3) is 3.32. The van der Waals surface area contributed by atoms with Gasteiger partial charge in [-0.05, 0) is 31.0 Å². The van der Waals surface area contributed by atoms with E-state index in [4.69, 9.17) is 15.2 Å². The zero-order chi connectivity index (χ0) is 13.9. The number of hydrogen-bond donors (Lipinski definition) is 1. The predicted molar refractivity (Wildman–Crippen MR) is 66.5 cm³/mol. The van der Waals surface area contributed by atoms with E-state index in [0.717, 1.165) is 6.92 Å². The number of halogens is 2. The van der Waals surface area contributed by atoms with Crippen molar-refractivity contribution in [2.75, 3.05) is 14.2 Å². The Morgan fingerprint density at radius 3 is 2.28 bits per heavy atom. The fourth-order valence-corrected chi connectivity index (χ4v) is 1.84. The molecule has 0 spiro atoms. The van der Waals surface area contributed by atoms with Gasteiger partial charge in [-0.15, -0.1) is 0 Å². The van der Waals surface area contributed by atoms with Crippen molar-refractivity contribution in [2.45, 2.75) is 32.2 Å². The monoisotopic (exact) mass is 259 g/mol. The van der Waals surface area contributed by atoms with Crippen LogP contribution in [-0.4, -0.2) is 20.3 Å². The summed E-state index contributed by atoms with van der Waals surface area (Å²) in [6.45, 7) is 2.65. The summed E-state index contributed by atoms with van der Waals surface area (Å²) in [7, 11) is 2.77. The second-order valence-electron chi connectivity index (χ2n) is 4.45. The van der Waals surface area contributed by atoms with Gasteiger partial charge in [0.05, 0.1) is 19.8 Å². The maximum atomic E-state index is 13.6. The zero-order valence-corrected chi connectivity index (χ0v) is 11.1. The van der Waals surface area contributed by atoms with Crippen molar-refractivity contribution in [3.63, 3.8) is 0 Å². The fraction of sp³-hybridized carbons (Fsp3) is 0.538. The minimum absolute atomic E-state index is 0.0680. The molecule has 0 saturated heterocycles. The molecule has 0 aromatic heterocycles. The van der Waals surface area contributed by atoms with E-state index in [-0.39, 0.29) is 17.4 Å². The summed E-state index contributed by atoms with van der Waals surface area (Å²) in [6.07, 6.45) is 0.503. The number of alkyl halides is 2. The first-order chi connectivity index (χ1) is 8.29. The molecule has 1 aromatic carbocycles. The Bertz CT molecular complexity index is 414.